The summed E-state index contributed by atoms with van der Waals surface area (Å²) in [6.07, 6.45) is 5.86. The summed E-state index contributed by atoms with van der Waals surface area (Å²) in [5.41, 5.74) is 6.93. The molecule has 1 saturated carbocycles. The largest absolute Gasteiger partial charge is 0.383 e. The molecule has 1 aliphatic rings. The van der Waals surface area contributed by atoms with E-state index in [-0.39, 0.29) is 30.5 Å². The van der Waals surface area contributed by atoms with Crippen LogP contribution in [0.15, 0.2) is 70.3 Å². The maximum atomic E-state index is 13.4. The van der Waals surface area contributed by atoms with E-state index in [0.29, 0.717) is 12.3 Å². The van der Waals surface area contributed by atoms with Crippen LogP contribution in [0.3, 0.4) is 0 Å². The number of hydrogen-bond acceptors (Lipinski definition) is 4. The lowest BCUT2D eigenvalue weighted by atomic mass is 10.0. The lowest BCUT2D eigenvalue weighted by molar-refractivity contribution is -0.119. The van der Waals surface area contributed by atoms with Crippen LogP contribution >= 0.6 is 0 Å². The summed E-state index contributed by atoms with van der Waals surface area (Å²) < 4.78 is 1.31. The number of aromatic amines is 1. The lowest BCUT2D eigenvalue weighted by Crippen LogP contribution is -2.41. The molecule has 0 unspecified atom stereocenters. The van der Waals surface area contributed by atoms with E-state index in [4.69, 9.17) is 5.73 Å². The van der Waals surface area contributed by atoms with Gasteiger partial charge in [0.15, 0.2) is 5.69 Å². The first-order valence-electron chi connectivity index (χ1n) is 11.5. The van der Waals surface area contributed by atoms with Crippen LogP contribution in [0, 0.1) is 5.92 Å². The second-order valence-corrected chi connectivity index (χ2v) is 8.72. The van der Waals surface area contributed by atoms with E-state index in [1.54, 1.807) is 0 Å². The van der Waals surface area contributed by atoms with Gasteiger partial charge in [-0.05, 0) is 23.5 Å². The fourth-order valence-corrected chi connectivity index (χ4v) is 4.58. The van der Waals surface area contributed by atoms with Crippen LogP contribution < -0.4 is 21.9 Å². The molecule has 0 aliphatic heterocycles. The molecule has 2 aromatic carbocycles. The molecule has 1 amide bonds. The summed E-state index contributed by atoms with van der Waals surface area (Å²) >= 11 is 0. The van der Waals surface area contributed by atoms with E-state index in [1.807, 2.05) is 60.7 Å². The Hall–Kier alpha value is -3.61. The van der Waals surface area contributed by atoms with Crippen molar-refractivity contribution in [2.75, 3.05) is 10.6 Å². The molecule has 0 bridgehead atoms. The number of benzene rings is 2. The molecule has 3 N–H and O–H groups in total. The number of nitrogen functional groups attached to an aromatic ring is 1. The lowest BCUT2D eigenvalue weighted by Gasteiger charge is -2.25. The van der Waals surface area contributed by atoms with Crippen molar-refractivity contribution >= 4 is 17.4 Å². The Morgan fingerprint density at radius 1 is 0.970 bits per heavy atom. The van der Waals surface area contributed by atoms with Gasteiger partial charge in [0.05, 0.1) is 13.1 Å². The molecule has 0 atom stereocenters. The third-order valence-corrected chi connectivity index (χ3v) is 6.39. The van der Waals surface area contributed by atoms with E-state index in [0.717, 1.165) is 30.4 Å². The topological polar surface area (TPSA) is 101 Å². The van der Waals surface area contributed by atoms with Gasteiger partial charge in [-0.1, -0.05) is 86.3 Å². The molecular weight excluding hydrogens is 416 g/mol. The van der Waals surface area contributed by atoms with Crippen LogP contribution in [0.25, 0.3) is 0 Å². The van der Waals surface area contributed by atoms with Crippen molar-refractivity contribution in [1.29, 1.82) is 0 Å². The van der Waals surface area contributed by atoms with Crippen molar-refractivity contribution in [3.63, 3.8) is 0 Å². The van der Waals surface area contributed by atoms with E-state index < -0.39 is 11.2 Å². The monoisotopic (exact) mass is 446 g/mol. The zero-order valence-corrected chi connectivity index (χ0v) is 18.7. The molecule has 1 fully saturated rings. The molecule has 33 heavy (non-hydrogen) atoms. The zero-order chi connectivity index (χ0) is 23.2. The molecule has 0 spiro atoms. The minimum Gasteiger partial charge on any atom is -0.383 e. The van der Waals surface area contributed by atoms with Gasteiger partial charge in [0, 0.05) is 6.42 Å². The third kappa shape index (κ3) is 5.42. The predicted octanol–water partition coefficient (Wildman–Crippen LogP) is 3.67. The Morgan fingerprint density at radius 2 is 1.58 bits per heavy atom. The van der Waals surface area contributed by atoms with Gasteiger partial charge < -0.3 is 10.6 Å². The molecule has 4 rings (SSSR count). The number of rotatable bonds is 8. The minimum absolute atomic E-state index is 0.00208. The van der Waals surface area contributed by atoms with Crippen molar-refractivity contribution in [3.05, 3.63) is 92.6 Å². The summed E-state index contributed by atoms with van der Waals surface area (Å²) in [7, 11) is 0. The van der Waals surface area contributed by atoms with Crippen molar-refractivity contribution in [2.45, 2.75) is 51.6 Å². The Morgan fingerprint density at radius 3 is 2.21 bits per heavy atom. The van der Waals surface area contributed by atoms with Gasteiger partial charge in [-0.15, -0.1) is 0 Å². The van der Waals surface area contributed by atoms with Crippen molar-refractivity contribution in [2.24, 2.45) is 5.92 Å². The number of nitrogens with zero attached hydrogens (tertiary/aromatic N) is 2. The number of nitrogens with one attached hydrogen (secondary N) is 1. The number of aromatic nitrogens is 2. The van der Waals surface area contributed by atoms with Crippen LogP contribution in [0.5, 0.6) is 0 Å². The van der Waals surface area contributed by atoms with Gasteiger partial charge in [0.25, 0.3) is 5.56 Å². The number of carbonyl (C=O) groups is 1. The average molecular weight is 447 g/mol. The molecule has 172 valence electrons. The van der Waals surface area contributed by atoms with E-state index in [9.17, 15) is 14.4 Å². The van der Waals surface area contributed by atoms with Crippen LogP contribution in [0.4, 0.5) is 11.5 Å². The molecule has 7 nitrogen and oxygen atoms in total. The molecule has 7 heteroatoms. The SMILES string of the molecule is Nc1c(N(Cc2ccccc2)C(=O)CCC2CCCC2)c(=O)[nH]c(=O)n1Cc1ccccc1. The first-order valence-corrected chi connectivity index (χ1v) is 11.5. The van der Waals surface area contributed by atoms with Gasteiger partial charge in [-0.2, -0.15) is 0 Å². The Kier molecular flexibility index (Phi) is 7.07. The molecule has 3 aromatic rings. The van der Waals surface area contributed by atoms with Crippen molar-refractivity contribution in [1.82, 2.24) is 9.55 Å². The highest BCUT2D eigenvalue weighted by molar-refractivity contribution is 5.95. The Bertz CT molecular complexity index is 1200. The van der Waals surface area contributed by atoms with Crippen LogP contribution in [-0.4, -0.2) is 15.5 Å². The normalized spacial score (nSPS) is 13.8. The summed E-state index contributed by atoms with van der Waals surface area (Å²) in [5, 5.41) is 0. The van der Waals surface area contributed by atoms with Crippen LogP contribution in [-0.2, 0) is 17.9 Å². The van der Waals surface area contributed by atoms with E-state index in [2.05, 4.69) is 4.98 Å². The van der Waals surface area contributed by atoms with Crippen LogP contribution in [0.1, 0.15) is 49.7 Å². The second-order valence-electron chi connectivity index (χ2n) is 8.72. The number of carbonyl (C=O) groups excluding carboxylic acids is 1. The molecule has 1 aromatic heterocycles. The zero-order valence-electron chi connectivity index (χ0n) is 18.7. The number of amides is 1. The molecule has 0 saturated heterocycles. The number of anilines is 2. The number of hydrogen-bond donors (Lipinski definition) is 2. The molecule has 1 aliphatic carbocycles. The summed E-state index contributed by atoms with van der Waals surface area (Å²) in [4.78, 5) is 42.7. The highest BCUT2D eigenvalue weighted by Gasteiger charge is 2.26. The van der Waals surface area contributed by atoms with Gasteiger partial charge in [-0.25, -0.2) is 4.79 Å². The molecular formula is C26H30N4O3. The summed E-state index contributed by atoms with van der Waals surface area (Å²) in [6.45, 7) is 0.409. The standard InChI is InChI=1S/C26H30N4O3/c27-24-23(25(32)28-26(33)30(24)18-21-13-5-2-6-14-21)29(17-20-11-3-1-4-12-20)22(31)16-15-19-9-7-8-10-19/h1-6,11-14,19H,7-10,15-18,27H2,(H,28,32,33). The predicted molar refractivity (Wildman–Crippen MR) is 130 cm³/mol. The van der Waals surface area contributed by atoms with E-state index in [1.165, 1.54) is 22.3 Å². The van der Waals surface area contributed by atoms with Crippen molar-refractivity contribution in [3.8, 4) is 0 Å². The Balaban J connectivity index is 1.70. The molecule has 1 heterocycles. The maximum absolute atomic E-state index is 13.4. The highest BCUT2D eigenvalue weighted by Crippen LogP contribution is 2.29. The number of nitrogens with two attached hydrogens (primary N) is 1. The van der Waals surface area contributed by atoms with Crippen LogP contribution in [0.2, 0.25) is 0 Å². The Labute approximate surface area is 192 Å². The first-order chi connectivity index (χ1) is 16.0. The van der Waals surface area contributed by atoms with Gasteiger partial charge >= 0.3 is 5.69 Å². The summed E-state index contributed by atoms with van der Waals surface area (Å²) in [5.74, 6) is 0.390. The quantitative estimate of drug-likeness (QED) is 0.551. The summed E-state index contributed by atoms with van der Waals surface area (Å²) in [6, 6.07) is 18.9. The molecule has 0 radical (unpaired) electrons. The first kappa shape index (κ1) is 22.6. The smallest absolute Gasteiger partial charge is 0.330 e. The van der Waals surface area contributed by atoms with Gasteiger partial charge in [0.1, 0.15) is 5.82 Å². The number of H-pyrrole nitrogens is 1. The van der Waals surface area contributed by atoms with E-state index >= 15 is 0 Å². The fourth-order valence-electron chi connectivity index (χ4n) is 4.58. The minimum atomic E-state index is -0.646. The second kappa shape index (κ2) is 10.3. The van der Waals surface area contributed by atoms with Crippen molar-refractivity contribution < 1.29 is 4.79 Å². The maximum Gasteiger partial charge on any atom is 0.330 e. The van der Waals surface area contributed by atoms with Gasteiger partial charge in [-0.3, -0.25) is 19.1 Å². The third-order valence-electron chi connectivity index (χ3n) is 6.39. The fraction of sp³-hybridized carbons (Fsp3) is 0.346. The highest BCUT2D eigenvalue weighted by atomic mass is 16.2. The average Bonchev–Trinajstić information content (AvgIpc) is 3.34. The van der Waals surface area contributed by atoms with Gasteiger partial charge in [0.2, 0.25) is 5.91 Å².